The SMILES string of the molecule is COc1ccc(CCNc2cc(NCCN(C)C)nc(-c3ccccc3)n2)cc1. The number of aromatic nitrogens is 2. The van der Waals surface area contributed by atoms with Gasteiger partial charge in [-0.2, -0.15) is 0 Å². The summed E-state index contributed by atoms with van der Waals surface area (Å²) in [6.45, 7) is 2.54. The highest BCUT2D eigenvalue weighted by molar-refractivity contribution is 5.61. The zero-order valence-electron chi connectivity index (χ0n) is 17.4. The van der Waals surface area contributed by atoms with Crippen LogP contribution in [0.2, 0.25) is 0 Å². The van der Waals surface area contributed by atoms with Crippen molar-refractivity contribution in [2.75, 3.05) is 51.5 Å². The molecule has 6 heteroatoms. The van der Waals surface area contributed by atoms with E-state index < -0.39 is 0 Å². The van der Waals surface area contributed by atoms with Gasteiger partial charge in [0.1, 0.15) is 17.4 Å². The average Bonchev–Trinajstić information content (AvgIpc) is 2.74. The molecule has 0 unspecified atom stereocenters. The number of nitrogens with zero attached hydrogens (tertiary/aromatic N) is 3. The van der Waals surface area contributed by atoms with Crippen LogP contribution in [0.5, 0.6) is 5.75 Å². The highest BCUT2D eigenvalue weighted by atomic mass is 16.5. The Labute approximate surface area is 173 Å². The largest absolute Gasteiger partial charge is 0.497 e. The topological polar surface area (TPSA) is 62.3 Å². The van der Waals surface area contributed by atoms with Crippen LogP contribution in [-0.4, -0.2) is 55.7 Å². The van der Waals surface area contributed by atoms with E-state index in [0.29, 0.717) is 5.82 Å². The first-order chi connectivity index (χ1) is 14.1. The van der Waals surface area contributed by atoms with E-state index in [1.165, 1.54) is 5.56 Å². The quantitative estimate of drug-likeness (QED) is 0.548. The first kappa shape index (κ1) is 20.6. The second-order valence-electron chi connectivity index (χ2n) is 7.08. The lowest BCUT2D eigenvalue weighted by atomic mass is 10.1. The van der Waals surface area contributed by atoms with Gasteiger partial charge in [0, 0.05) is 31.3 Å². The Morgan fingerprint density at radius 1 is 0.862 bits per heavy atom. The summed E-state index contributed by atoms with van der Waals surface area (Å²) in [7, 11) is 5.80. The van der Waals surface area contributed by atoms with E-state index in [2.05, 4.69) is 41.8 Å². The fourth-order valence-electron chi connectivity index (χ4n) is 2.88. The lowest BCUT2D eigenvalue weighted by Gasteiger charge is -2.13. The van der Waals surface area contributed by atoms with E-state index in [1.54, 1.807) is 7.11 Å². The molecule has 0 aliphatic heterocycles. The van der Waals surface area contributed by atoms with Crippen molar-refractivity contribution >= 4 is 11.6 Å². The normalized spacial score (nSPS) is 10.8. The van der Waals surface area contributed by atoms with E-state index in [4.69, 9.17) is 14.7 Å². The highest BCUT2D eigenvalue weighted by Gasteiger charge is 2.07. The number of rotatable bonds is 10. The second kappa shape index (κ2) is 10.4. The molecule has 0 fully saturated rings. The van der Waals surface area contributed by atoms with E-state index in [1.807, 2.05) is 48.5 Å². The monoisotopic (exact) mass is 391 g/mol. The molecule has 152 valence electrons. The maximum Gasteiger partial charge on any atom is 0.163 e. The van der Waals surface area contributed by atoms with Crippen LogP contribution in [0.3, 0.4) is 0 Å². The molecule has 2 aromatic carbocycles. The molecule has 0 amide bonds. The third-order valence-corrected chi connectivity index (χ3v) is 4.50. The van der Waals surface area contributed by atoms with Gasteiger partial charge in [-0.1, -0.05) is 42.5 Å². The van der Waals surface area contributed by atoms with Gasteiger partial charge in [0.2, 0.25) is 0 Å². The van der Waals surface area contributed by atoms with Gasteiger partial charge >= 0.3 is 0 Å². The molecule has 1 heterocycles. The Morgan fingerprint density at radius 3 is 2.14 bits per heavy atom. The highest BCUT2D eigenvalue weighted by Crippen LogP contribution is 2.20. The summed E-state index contributed by atoms with van der Waals surface area (Å²) in [5.74, 6) is 3.23. The first-order valence-electron chi connectivity index (χ1n) is 9.84. The number of ether oxygens (including phenoxy) is 1. The van der Waals surface area contributed by atoms with E-state index >= 15 is 0 Å². The van der Waals surface area contributed by atoms with Gasteiger partial charge in [-0.25, -0.2) is 9.97 Å². The number of hydrogen-bond acceptors (Lipinski definition) is 6. The number of nitrogens with one attached hydrogen (secondary N) is 2. The minimum absolute atomic E-state index is 0.715. The van der Waals surface area contributed by atoms with E-state index in [-0.39, 0.29) is 0 Å². The average molecular weight is 392 g/mol. The Bertz CT molecular complexity index is 882. The molecule has 0 radical (unpaired) electrons. The van der Waals surface area contributed by atoms with Gasteiger partial charge in [0.25, 0.3) is 0 Å². The molecule has 0 aliphatic rings. The molecule has 3 rings (SSSR count). The predicted octanol–water partition coefficient (Wildman–Crippen LogP) is 3.78. The molecular formula is C23H29N5O. The van der Waals surface area contributed by atoms with Gasteiger partial charge in [-0.05, 0) is 38.2 Å². The summed E-state index contributed by atoms with van der Waals surface area (Å²) in [5.41, 5.74) is 2.25. The third-order valence-electron chi connectivity index (χ3n) is 4.50. The van der Waals surface area contributed by atoms with Crippen LogP contribution in [0.25, 0.3) is 11.4 Å². The second-order valence-corrected chi connectivity index (χ2v) is 7.08. The molecule has 2 N–H and O–H groups in total. The summed E-state index contributed by atoms with van der Waals surface area (Å²) in [4.78, 5) is 11.5. The number of likely N-dealkylation sites (N-methyl/N-ethyl adjacent to an activating group) is 1. The number of hydrogen-bond donors (Lipinski definition) is 2. The van der Waals surface area contributed by atoms with Crippen molar-refractivity contribution in [3.8, 4) is 17.1 Å². The zero-order valence-corrected chi connectivity index (χ0v) is 17.4. The molecule has 1 aromatic heterocycles. The first-order valence-corrected chi connectivity index (χ1v) is 9.84. The van der Waals surface area contributed by atoms with Crippen molar-refractivity contribution in [1.29, 1.82) is 0 Å². The standard InChI is InChI=1S/C23H29N5O/c1-28(2)16-15-25-22-17-21(26-23(27-22)19-7-5-4-6-8-19)24-14-13-18-9-11-20(29-3)12-10-18/h4-12,17H,13-16H2,1-3H3,(H2,24,25,26,27). The van der Waals surface area contributed by atoms with Crippen molar-refractivity contribution in [3.63, 3.8) is 0 Å². The Kier molecular flexibility index (Phi) is 7.41. The smallest absolute Gasteiger partial charge is 0.163 e. The molecule has 0 spiro atoms. The van der Waals surface area contributed by atoms with Crippen molar-refractivity contribution in [2.45, 2.75) is 6.42 Å². The molecule has 3 aromatic rings. The van der Waals surface area contributed by atoms with Gasteiger partial charge in [0.15, 0.2) is 5.82 Å². The van der Waals surface area contributed by atoms with Gasteiger partial charge in [-0.3, -0.25) is 0 Å². The van der Waals surface area contributed by atoms with Crippen LogP contribution in [0.15, 0.2) is 60.7 Å². The van der Waals surface area contributed by atoms with Crippen LogP contribution in [-0.2, 0) is 6.42 Å². The minimum atomic E-state index is 0.715. The van der Waals surface area contributed by atoms with E-state index in [0.717, 1.165) is 49.0 Å². The number of methoxy groups -OCH3 is 1. The summed E-state index contributed by atoms with van der Waals surface area (Å²) in [6.07, 6.45) is 0.901. The predicted molar refractivity (Wildman–Crippen MR) is 120 cm³/mol. The van der Waals surface area contributed by atoms with Crippen LogP contribution >= 0.6 is 0 Å². The zero-order chi connectivity index (χ0) is 20.5. The summed E-state index contributed by atoms with van der Waals surface area (Å²) in [6, 6.07) is 20.2. The lowest BCUT2D eigenvalue weighted by molar-refractivity contribution is 0.414. The summed E-state index contributed by atoms with van der Waals surface area (Å²) < 4.78 is 5.22. The van der Waals surface area contributed by atoms with Crippen molar-refractivity contribution < 1.29 is 4.74 Å². The van der Waals surface area contributed by atoms with Crippen LogP contribution in [0.1, 0.15) is 5.56 Å². The molecule has 0 aliphatic carbocycles. The molecule has 0 saturated carbocycles. The molecule has 0 bridgehead atoms. The van der Waals surface area contributed by atoms with Crippen molar-refractivity contribution in [2.24, 2.45) is 0 Å². The fraction of sp³-hybridized carbons (Fsp3) is 0.304. The molecule has 29 heavy (non-hydrogen) atoms. The van der Waals surface area contributed by atoms with Gasteiger partial charge in [0.05, 0.1) is 7.11 Å². The Balaban J connectivity index is 1.69. The lowest BCUT2D eigenvalue weighted by Crippen LogP contribution is -2.21. The fourth-order valence-corrected chi connectivity index (χ4v) is 2.88. The molecule has 6 nitrogen and oxygen atoms in total. The summed E-state index contributed by atoms with van der Waals surface area (Å²) in [5, 5.41) is 6.84. The molecule has 0 atom stereocenters. The van der Waals surface area contributed by atoms with Crippen LogP contribution in [0, 0.1) is 0 Å². The maximum atomic E-state index is 5.22. The van der Waals surface area contributed by atoms with Gasteiger partial charge in [-0.15, -0.1) is 0 Å². The van der Waals surface area contributed by atoms with Crippen LogP contribution in [0.4, 0.5) is 11.6 Å². The Hall–Kier alpha value is -3.12. The molecule has 0 saturated heterocycles. The maximum absolute atomic E-state index is 5.22. The van der Waals surface area contributed by atoms with Crippen LogP contribution < -0.4 is 15.4 Å². The van der Waals surface area contributed by atoms with Gasteiger partial charge < -0.3 is 20.3 Å². The number of anilines is 2. The van der Waals surface area contributed by atoms with Crippen molar-refractivity contribution in [3.05, 3.63) is 66.2 Å². The van der Waals surface area contributed by atoms with Crippen molar-refractivity contribution in [1.82, 2.24) is 14.9 Å². The molecular weight excluding hydrogens is 362 g/mol. The Morgan fingerprint density at radius 2 is 1.52 bits per heavy atom. The third kappa shape index (κ3) is 6.47. The van der Waals surface area contributed by atoms with E-state index in [9.17, 15) is 0 Å². The number of benzene rings is 2. The minimum Gasteiger partial charge on any atom is -0.497 e. The summed E-state index contributed by atoms with van der Waals surface area (Å²) >= 11 is 0.